The van der Waals surface area contributed by atoms with Crippen molar-refractivity contribution in [1.29, 1.82) is 0 Å². The molecule has 9 heteroatoms. The van der Waals surface area contributed by atoms with Crippen molar-refractivity contribution in [2.75, 3.05) is 0 Å². The third kappa shape index (κ3) is 3.41. The van der Waals surface area contributed by atoms with E-state index in [0.717, 1.165) is 0 Å². The summed E-state index contributed by atoms with van der Waals surface area (Å²) in [7, 11) is 0. The smallest absolute Gasteiger partial charge is 0.332 e. The SMILES string of the molecule is NC(=O)N/N=C/c1c(Sc2ccccn2)nc2ccccn2c1=O. The molecule has 3 heterocycles. The molecule has 0 unspecified atom stereocenters. The Bertz CT molecular complexity index is 971. The first kappa shape index (κ1) is 15.7. The van der Waals surface area contributed by atoms with Gasteiger partial charge in [-0.2, -0.15) is 5.10 Å². The molecule has 2 amide bonds. The third-order valence-electron chi connectivity index (χ3n) is 2.94. The van der Waals surface area contributed by atoms with Crippen molar-refractivity contribution in [1.82, 2.24) is 19.8 Å². The fourth-order valence-corrected chi connectivity index (χ4v) is 2.79. The summed E-state index contributed by atoms with van der Waals surface area (Å²) in [5.41, 5.74) is 7.45. The Morgan fingerprint density at radius 2 is 2.12 bits per heavy atom. The number of nitrogens with two attached hydrogens (primary N) is 1. The molecule has 3 aromatic rings. The maximum atomic E-state index is 12.7. The van der Waals surface area contributed by atoms with Crippen molar-refractivity contribution >= 4 is 29.7 Å². The number of hydrazone groups is 1. The zero-order chi connectivity index (χ0) is 16.9. The number of pyridine rings is 2. The highest BCUT2D eigenvalue weighted by Crippen LogP contribution is 2.25. The van der Waals surface area contributed by atoms with Crippen molar-refractivity contribution in [3.63, 3.8) is 0 Å². The maximum absolute atomic E-state index is 12.7. The molecule has 0 spiro atoms. The molecule has 0 saturated carbocycles. The molecule has 24 heavy (non-hydrogen) atoms. The molecular formula is C15H12N6O2S. The van der Waals surface area contributed by atoms with Crippen LogP contribution in [0.2, 0.25) is 0 Å². The van der Waals surface area contributed by atoms with Crippen molar-refractivity contribution in [3.05, 3.63) is 64.7 Å². The minimum absolute atomic E-state index is 0.225. The van der Waals surface area contributed by atoms with Crippen molar-refractivity contribution in [2.45, 2.75) is 10.1 Å². The van der Waals surface area contributed by atoms with Crippen LogP contribution in [0.25, 0.3) is 5.65 Å². The summed E-state index contributed by atoms with van der Waals surface area (Å²) < 4.78 is 1.40. The molecule has 0 saturated heterocycles. The van der Waals surface area contributed by atoms with Crippen LogP contribution in [0.1, 0.15) is 5.56 Å². The Balaban J connectivity index is 2.12. The van der Waals surface area contributed by atoms with E-state index in [1.807, 2.05) is 12.1 Å². The minimum atomic E-state index is -0.820. The van der Waals surface area contributed by atoms with Crippen LogP contribution in [0.4, 0.5) is 4.79 Å². The molecule has 3 aromatic heterocycles. The molecule has 0 aliphatic heterocycles. The van der Waals surface area contributed by atoms with Gasteiger partial charge in [0, 0.05) is 12.4 Å². The van der Waals surface area contributed by atoms with Crippen molar-refractivity contribution in [3.8, 4) is 0 Å². The molecule has 0 bridgehead atoms. The van der Waals surface area contributed by atoms with Gasteiger partial charge in [0.15, 0.2) is 0 Å². The average Bonchev–Trinajstić information content (AvgIpc) is 2.58. The summed E-state index contributed by atoms with van der Waals surface area (Å²) in [5, 5.41) is 4.79. The van der Waals surface area contributed by atoms with E-state index < -0.39 is 6.03 Å². The van der Waals surface area contributed by atoms with Gasteiger partial charge in [0.05, 0.1) is 11.8 Å². The second-order valence-electron chi connectivity index (χ2n) is 4.57. The zero-order valence-corrected chi connectivity index (χ0v) is 13.1. The van der Waals surface area contributed by atoms with Crippen molar-refractivity contribution in [2.24, 2.45) is 10.8 Å². The lowest BCUT2D eigenvalue weighted by atomic mass is 10.3. The van der Waals surface area contributed by atoms with Crippen LogP contribution < -0.4 is 16.7 Å². The van der Waals surface area contributed by atoms with Gasteiger partial charge in [-0.05, 0) is 36.0 Å². The number of carbonyl (C=O) groups excluding carboxylic acids is 1. The first-order valence-electron chi connectivity index (χ1n) is 6.84. The quantitative estimate of drug-likeness (QED) is 0.421. The molecule has 3 rings (SSSR count). The molecular weight excluding hydrogens is 328 g/mol. The highest BCUT2D eigenvalue weighted by Gasteiger charge is 2.13. The van der Waals surface area contributed by atoms with Crippen LogP contribution in [-0.4, -0.2) is 26.6 Å². The first-order chi connectivity index (χ1) is 11.6. The minimum Gasteiger partial charge on any atom is -0.350 e. The first-order valence-corrected chi connectivity index (χ1v) is 7.65. The fourth-order valence-electron chi connectivity index (χ4n) is 1.94. The standard InChI is InChI=1S/C15H12N6O2S/c16-15(23)20-18-9-10-13(24-12-6-1-3-7-17-12)19-11-5-2-4-8-21(11)14(10)22/h1-9H,(H3,16,20,23)/b18-9+. The number of nitrogens with one attached hydrogen (secondary N) is 1. The summed E-state index contributed by atoms with van der Waals surface area (Å²) in [6.07, 6.45) is 4.49. The number of nitrogens with zero attached hydrogens (tertiary/aromatic N) is 4. The van der Waals surface area contributed by atoms with Crippen molar-refractivity contribution < 1.29 is 4.79 Å². The van der Waals surface area contributed by atoms with E-state index in [9.17, 15) is 9.59 Å². The normalized spacial score (nSPS) is 11.0. The van der Waals surface area contributed by atoms with Crippen LogP contribution in [0.3, 0.4) is 0 Å². The Morgan fingerprint density at radius 3 is 2.88 bits per heavy atom. The fraction of sp³-hybridized carbons (Fsp3) is 0. The molecule has 3 N–H and O–H groups in total. The monoisotopic (exact) mass is 340 g/mol. The van der Waals surface area contributed by atoms with Crippen LogP contribution >= 0.6 is 11.8 Å². The van der Waals surface area contributed by atoms with E-state index in [1.165, 1.54) is 22.4 Å². The molecule has 0 atom stereocenters. The molecule has 0 aliphatic carbocycles. The lowest BCUT2D eigenvalue weighted by molar-refractivity contribution is 0.249. The van der Waals surface area contributed by atoms with E-state index in [4.69, 9.17) is 5.73 Å². The lowest BCUT2D eigenvalue weighted by Gasteiger charge is -2.07. The summed E-state index contributed by atoms with van der Waals surface area (Å²) in [4.78, 5) is 32.1. The zero-order valence-electron chi connectivity index (χ0n) is 12.3. The van der Waals surface area contributed by atoms with Crippen LogP contribution in [0.15, 0.2) is 68.7 Å². The summed E-state index contributed by atoms with van der Waals surface area (Å²) in [6, 6.07) is 9.87. The summed E-state index contributed by atoms with van der Waals surface area (Å²) in [6.45, 7) is 0. The number of primary amides is 1. The van der Waals surface area contributed by atoms with E-state index in [2.05, 4.69) is 20.5 Å². The number of amides is 2. The van der Waals surface area contributed by atoms with Gasteiger partial charge >= 0.3 is 6.03 Å². The van der Waals surface area contributed by atoms with Gasteiger partial charge in [0.1, 0.15) is 15.7 Å². The number of aromatic nitrogens is 3. The van der Waals surface area contributed by atoms with Gasteiger partial charge < -0.3 is 5.73 Å². The topological polar surface area (TPSA) is 115 Å². The number of urea groups is 1. The average molecular weight is 340 g/mol. The number of carbonyl (C=O) groups is 1. The molecule has 0 radical (unpaired) electrons. The molecule has 8 nitrogen and oxygen atoms in total. The van der Waals surface area contributed by atoms with Gasteiger partial charge in [-0.25, -0.2) is 20.2 Å². The number of fused-ring (bicyclic) bond motifs is 1. The van der Waals surface area contributed by atoms with E-state index in [-0.39, 0.29) is 11.1 Å². The van der Waals surface area contributed by atoms with Crippen LogP contribution in [0.5, 0.6) is 0 Å². The summed E-state index contributed by atoms with van der Waals surface area (Å²) in [5.74, 6) is 0. The molecule has 0 aromatic carbocycles. The number of rotatable bonds is 4. The predicted octanol–water partition coefficient (Wildman–Crippen LogP) is 1.24. The Morgan fingerprint density at radius 1 is 1.29 bits per heavy atom. The summed E-state index contributed by atoms with van der Waals surface area (Å²) >= 11 is 1.23. The maximum Gasteiger partial charge on any atom is 0.332 e. The van der Waals surface area contributed by atoms with Gasteiger partial charge in [-0.3, -0.25) is 9.20 Å². The van der Waals surface area contributed by atoms with Crippen LogP contribution in [-0.2, 0) is 0 Å². The van der Waals surface area contributed by atoms with E-state index in [1.54, 1.807) is 36.7 Å². The number of hydrogen-bond donors (Lipinski definition) is 2. The number of hydrogen-bond acceptors (Lipinski definition) is 6. The van der Waals surface area contributed by atoms with Crippen LogP contribution in [0, 0.1) is 0 Å². The molecule has 0 fully saturated rings. The van der Waals surface area contributed by atoms with E-state index in [0.29, 0.717) is 15.7 Å². The highest BCUT2D eigenvalue weighted by molar-refractivity contribution is 7.99. The van der Waals surface area contributed by atoms with Gasteiger partial charge in [0.2, 0.25) is 0 Å². The largest absolute Gasteiger partial charge is 0.350 e. The second kappa shape index (κ2) is 6.92. The Labute approximate surface area is 140 Å². The second-order valence-corrected chi connectivity index (χ2v) is 5.58. The predicted molar refractivity (Wildman–Crippen MR) is 90.1 cm³/mol. The molecule has 120 valence electrons. The third-order valence-corrected chi connectivity index (χ3v) is 3.90. The van der Waals surface area contributed by atoms with E-state index >= 15 is 0 Å². The Kier molecular flexibility index (Phi) is 4.52. The molecule has 0 aliphatic rings. The van der Waals surface area contributed by atoms with Gasteiger partial charge in [0.25, 0.3) is 5.56 Å². The highest BCUT2D eigenvalue weighted by atomic mass is 32.2. The Hall–Kier alpha value is -3.20. The van der Waals surface area contributed by atoms with Gasteiger partial charge in [-0.15, -0.1) is 0 Å². The van der Waals surface area contributed by atoms with Gasteiger partial charge in [-0.1, -0.05) is 12.1 Å². The lowest BCUT2D eigenvalue weighted by Crippen LogP contribution is -2.26.